The van der Waals surface area contributed by atoms with Gasteiger partial charge in [0.25, 0.3) is 0 Å². The average Bonchev–Trinajstić information content (AvgIpc) is 2.16. The molecule has 4 heteroatoms. The van der Waals surface area contributed by atoms with Gasteiger partial charge in [-0.05, 0) is 25.1 Å². The van der Waals surface area contributed by atoms with Gasteiger partial charge in [-0.2, -0.15) is 11.8 Å². The molecule has 1 heterocycles. The van der Waals surface area contributed by atoms with Crippen molar-refractivity contribution in [3.63, 3.8) is 0 Å². The van der Waals surface area contributed by atoms with Crippen molar-refractivity contribution in [2.75, 3.05) is 24.6 Å². The minimum Gasteiger partial charge on any atom is -0.351 e. The molecule has 0 aromatic rings. The maximum atomic E-state index is 11.3. The second-order valence-electron chi connectivity index (χ2n) is 3.25. The van der Waals surface area contributed by atoms with Crippen LogP contribution < -0.4 is 10.6 Å². The summed E-state index contributed by atoms with van der Waals surface area (Å²) in [6.07, 6.45) is 2.29. The largest absolute Gasteiger partial charge is 0.351 e. The molecule has 0 aromatic carbocycles. The molecule has 0 radical (unpaired) electrons. The molecule has 0 saturated carbocycles. The maximum absolute atomic E-state index is 11.3. The van der Waals surface area contributed by atoms with Crippen LogP contribution in [0.4, 0.5) is 0 Å². The number of hydrogen-bond donors (Lipinski definition) is 2. The first kappa shape index (κ1) is 10.9. The SMILES string of the molecule is CCSCC(=O)NC1CCCNC1. The van der Waals surface area contributed by atoms with Gasteiger partial charge in [-0.25, -0.2) is 0 Å². The van der Waals surface area contributed by atoms with Crippen LogP contribution in [0.15, 0.2) is 0 Å². The Morgan fingerprint density at radius 2 is 2.54 bits per heavy atom. The summed E-state index contributed by atoms with van der Waals surface area (Å²) < 4.78 is 0. The van der Waals surface area contributed by atoms with Crippen molar-refractivity contribution >= 4 is 17.7 Å². The Kier molecular flexibility index (Phi) is 5.23. The van der Waals surface area contributed by atoms with Crippen molar-refractivity contribution < 1.29 is 4.79 Å². The van der Waals surface area contributed by atoms with E-state index in [4.69, 9.17) is 0 Å². The third kappa shape index (κ3) is 4.52. The van der Waals surface area contributed by atoms with Crippen LogP contribution in [0, 0.1) is 0 Å². The molecule has 0 aliphatic carbocycles. The Morgan fingerprint density at radius 3 is 3.15 bits per heavy atom. The molecule has 1 aliphatic rings. The van der Waals surface area contributed by atoms with Crippen molar-refractivity contribution in [3.05, 3.63) is 0 Å². The van der Waals surface area contributed by atoms with Crippen molar-refractivity contribution in [1.82, 2.24) is 10.6 Å². The fourth-order valence-electron chi connectivity index (χ4n) is 1.44. The smallest absolute Gasteiger partial charge is 0.230 e. The molecule has 1 rings (SSSR count). The molecule has 1 fully saturated rings. The molecule has 1 aliphatic heterocycles. The lowest BCUT2D eigenvalue weighted by Crippen LogP contribution is -2.46. The lowest BCUT2D eigenvalue weighted by atomic mass is 10.1. The molecule has 2 N–H and O–H groups in total. The van der Waals surface area contributed by atoms with Gasteiger partial charge in [0, 0.05) is 12.6 Å². The number of carbonyl (C=O) groups is 1. The highest BCUT2D eigenvalue weighted by Crippen LogP contribution is 2.02. The van der Waals surface area contributed by atoms with E-state index in [2.05, 4.69) is 17.6 Å². The van der Waals surface area contributed by atoms with Gasteiger partial charge in [0.15, 0.2) is 0 Å². The maximum Gasteiger partial charge on any atom is 0.230 e. The van der Waals surface area contributed by atoms with Crippen LogP contribution in [0.25, 0.3) is 0 Å². The highest BCUT2D eigenvalue weighted by Gasteiger charge is 2.14. The van der Waals surface area contributed by atoms with Crippen LogP contribution in [0.1, 0.15) is 19.8 Å². The van der Waals surface area contributed by atoms with E-state index in [0.29, 0.717) is 11.8 Å². The number of nitrogens with one attached hydrogen (secondary N) is 2. The number of thioether (sulfide) groups is 1. The van der Waals surface area contributed by atoms with Crippen molar-refractivity contribution in [2.24, 2.45) is 0 Å². The van der Waals surface area contributed by atoms with E-state index in [1.165, 1.54) is 6.42 Å². The Balaban J connectivity index is 2.11. The number of rotatable bonds is 4. The minimum absolute atomic E-state index is 0.181. The summed E-state index contributed by atoms with van der Waals surface area (Å²) in [5, 5.41) is 6.31. The topological polar surface area (TPSA) is 41.1 Å². The predicted octanol–water partition coefficient (Wildman–Crippen LogP) is 0.608. The van der Waals surface area contributed by atoms with Crippen molar-refractivity contribution in [3.8, 4) is 0 Å². The van der Waals surface area contributed by atoms with Gasteiger partial charge >= 0.3 is 0 Å². The van der Waals surface area contributed by atoms with Gasteiger partial charge in [-0.15, -0.1) is 0 Å². The van der Waals surface area contributed by atoms with Crippen LogP contribution >= 0.6 is 11.8 Å². The molecule has 0 aromatic heterocycles. The lowest BCUT2D eigenvalue weighted by molar-refractivity contribution is -0.119. The molecule has 13 heavy (non-hydrogen) atoms. The standard InChI is InChI=1S/C9H18N2OS/c1-2-13-7-9(12)11-8-4-3-5-10-6-8/h8,10H,2-7H2,1H3,(H,11,12). The zero-order chi connectivity index (χ0) is 9.52. The van der Waals surface area contributed by atoms with Gasteiger partial charge in [0.05, 0.1) is 5.75 Å². The van der Waals surface area contributed by atoms with Crippen LogP contribution in [0.3, 0.4) is 0 Å². The van der Waals surface area contributed by atoms with Crippen LogP contribution in [-0.2, 0) is 4.79 Å². The molecular weight excluding hydrogens is 184 g/mol. The first-order valence-electron chi connectivity index (χ1n) is 4.90. The summed E-state index contributed by atoms with van der Waals surface area (Å²) in [6.45, 7) is 4.10. The van der Waals surface area contributed by atoms with Crippen molar-refractivity contribution in [1.29, 1.82) is 0 Å². The first-order chi connectivity index (χ1) is 6.33. The zero-order valence-corrected chi connectivity index (χ0v) is 8.95. The summed E-state index contributed by atoms with van der Waals surface area (Å²) in [4.78, 5) is 11.3. The van der Waals surface area contributed by atoms with Crippen LogP contribution in [0.2, 0.25) is 0 Å². The Bertz CT molecular complexity index is 158. The molecule has 76 valence electrons. The number of carbonyl (C=O) groups excluding carboxylic acids is 1. The van der Waals surface area contributed by atoms with Gasteiger partial charge in [-0.1, -0.05) is 6.92 Å². The second-order valence-corrected chi connectivity index (χ2v) is 4.52. The van der Waals surface area contributed by atoms with Gasteiger partial charge in [0.2, 0.25) is 5.91 Å². The molecule has 0 bridgehead atoms. The summed E-state index contributed by atoms with van der Waals surface area (Å²) in [5.41, 5.74) is 0. The normalized spacial score (nSPS) is 22.7. The van der Waals surface area contributed by atoms with Crippen molar-refractivity contribution in [2.45, 2.75) is 25.8 Å². The fourth-order valence-corrected chi connectivity index (χ4v) is 1.91. The summed E-state index contributed by atoms with van der Waals surface area (Å²) in [6, 6.07) is 0.360. The number of amides is 1. The third-order valence-electron chi connectivity index (χ3n) is 2.10. The molecule has 3 nitrogen and oxygen atoms in total. The molecule has 1 amide bonds. The van der Waals surface area contributed by atoms with E-state index < -0.39 is 0 Å². The zero-order valence-electron chi connectivity index (χ0n) is 8.14. The Labute approximate surface area is 84.0 Å². The highest BCUT2D eigenvalue weighted by atomic mass is 32.2. The fraction of sp³-hybridized carbons (Fsp3) is 0.889. The lowest BCUT2D eigenvalue weighted by Gasteiger charge is -2.23. The molecule has 1 saturated heterocycles. The summed E-state index contributed by atoms with van der Waals surface area (Å²) in [7, 11) is 0. The number of piperidine rings is 1. The number of hydrogen-bond acceptors (Lipinski definition) is 3. The third-order valence-corrected chi connectivity index (χ3v) is 2.97. The van der Waals surface area contributed by atoms with Crippen LogP contribution in [-0.4, -0.2) is 36.5 Å². The summed E-state index contributed by atoms with van der Waals surface area (Å²) in [5.74, 6) is 1.80. The van der Waals surface area contributed by atoms with Gasteiger partial charge in [0.1, 0.15) is 0 Å². The van der Waals surface area contributed by atoms with E-state index in [1.807, 2.05) is 0 Å². The molecule has 0 spiro atoms. The van der Waals surface area contributed by atoms with E-state index in [0.717, 1.165) is 25.3 Å². The molecule has 1 atom stereocenters. The first-order valence-corrected chi connectivity index (χ1v) is 6.06. The van der Waals surface area contributed by atoms with E-state index >= 15 is 0 Å². The van der Waals surface area contributed by atoms with E-state index in [9.17, 15) is 4.79 Å². The van der Waals surface area contributed by atoms with Gasteiger partial charge in [-0.3, -0.25) is 4.79 Å². The van der Waals surface area contributed by atoms with E-state index in [-0.39, 0.29) is 5.91 Å². The molecule has 1 unspecified atom stereocenters. The monoisotopic (exact) mass is 202 g/mol. The molecular formula is C9H18N2OS. The Morgan fingerprint density at radius 1 is 1.69 bits per heavy atom. The highest BCUT2D eigenvalue weighted by molar-refractivity contribution is 7.99. The summed E-state index contributed by atoms with van der Waals surface area (Å²) >= 11 is 1.67. The minimum atomic E-state index is 0.181. The van der Waals surface area contributed by atoms with Gasteiger partial charge < -0.3 is 10.6 Å². The predicted molar refractivity (Wildman–Crippen MR) is 57.0 cm³/mol. The second kappa shape index (κ2) is 6.27. The van der Waals surface area contributed by atoms with Crippen LogP contribution in [0.5, 0.6) is 0 Å². The quantitative estimate of drug-likeness (QED) is 0.702. The average molecular weight is 202 g/mol. The Hall–Kier alpha value is -0.220. The van der Waals surface area contributed by atoms with E-state index in [1.54, 1.807) is 11.8 Å².